The van der Waals surface area contributed by atoms with E-state index in [1.807, 2.05) is 60.7 Å². The number of benzene rings is 3. The maximum Gasteiger partial charge on any atom is 0.252 e. The summed E-state index contributed by atoms with van der Waals surface area (Å²) >= 11 is 1.34. The van der Waals surface area contributed by atoms with Crippen LogP contribution in [0.15, 0.2) is 83.8 Å². The van der Waals surface area contributed by atoms with Crippen molar-refractivity contribution in [2.75, 3.05) is 24.7 Å². The van der Waals surface area contributed by atoms with Crippen molar-refractivity contribution in [2.45, 2.75) is 11.3 Å². The first-order valence-corrected chi connectivity index (χ1v) is 10.6. The standard InChI is InChI=1S/C24H24N2O3S/c1-29-20-11-7-10-19(16-20)26-23(27)17-30-22-13-6-5-12-21(22)24(28)25-15-14-18-8-3-2-4-9-18/h2-13,16H,14-15,17H2,1H3,(H,25,28)(H,26,27). The van der Waals surface area contributed by atoms with Crippen molar-refractivity contribution in [3.8, 4) is 5.75 Å². The summed E-state index contributed by atoms with van der Waals surface area (Å²) in [6, 6.07) is 24.5. The molecule has 0 atom stereocenters. The van der Waals surface area contributed by atoms with Gasteiger partial charge in [0.05, 0.1) is 18.4 Å². The number of amides is 2. The van der Waals surface area contributed by atoms with Gasteiger partial charge in [-0.25, -0.2) is 0 Å². The summed E-state index contributed by atoms with van der Waals surface area (Å²) in [5.74, 6) is 0.596. The van der Waals surface area contributed by atoms with Gasteiger partial charge in [-0.15, -0.1) is 11.8 Å². The Morgan fingerprint density at radius 3 is 2.50 bits per heavy atom. The largest absolute Gasteiger partial charge is 0.497 e. The number of thioether (sulfide) groups is 1. The zero-order valence-corrected chi connectivity index (χ0v) is 17.6. The molecule has 0 heterocycles. The van der Waals surface area contributed by atoms with Gasteiger partial charge in [-0.1, -0.05) is 48.5 Å². The molecule has 0 bridgehead atoms. The minimum Gasteiger partial charge on any atom is -0.497 e. The van der Waals surface area contributed by atoms with Gasteiger partial charge >= 0.3 is 0 Å². The molecule has 2 amide bonds. The van der Waals surface area contributed by atoms with Crippen LogP contribution in [0.5, 0.6) is 5.75 Å². The molecule has 0 saturated carbocycles. The van der Waals surface area contributed by atoms with Crippen LogP contribution in [0.2, 0.25) is 0 Å². The van der Waals surface area contributed by atoms with Crippen LogP contribution in [0.1, 0.15) is 15.9 Å². The number of ether oxygens (including phenoxy) is 1. The molecule has 6 heteroatoms. The Morgan fingerprint density at radius 2 is 1.70 bits per heavy atom. The van der Waals surface area contributed by atoms with Crippen LogP contribution in [0.25, 0.3) is 0 Å². The van der Waals surface area contributed by atoms with Gasteiger partial charge in [-0.05, 0) is 36.2 Å². The van der Waals surface area contributed by atoms with E-state index in [0.29, 0.717) is 23.5 Å². The number of rotatable bonds is 9. The van der Waals surface area contributed by atoms with Crippen molar-refractivity contribution in [3.63, 3.8) is 0 Å². The van der Waals surface area contributed by atoms with Crippen LogP contribution in [-0.2, 0) is 11.2 Å². The lowest BCUT2D eigenvalue weighted by Gasteiger charge is -2.11. The molecule has 0 unspecified atom stereocenters. The average Bonchev–Trinajstić information content (AvgIpc) is 2.78. The second kappa shape index (κ2) is 11.1. The van der Waals surface area contributed by atoms with Crippen molar-refractivity contribution in [3.05, 3.63) is 90.0 Å². The number of hydrogen-bond acceptors (Lipinski definition) is 4. The fourth-order valence-corrected chi connectivity index (χ4v) is 3.73. The maximum absolute atomic E-state index is 12.6. The molecule has 0 aromatic heterocycles. The molecule has 0 aliphatic carbocycles. The fraction of sp³-hybridized carbons (Fsp3) is 0.167. The molecular weight excluding hydrogens is 396 g/mol. The summed E-state index contributed by atoms with van der Waals surface area (Å²) in [7, 11) is 1.58. The Hall–Kier alpha value is -3.25. The first kappa shape index (κ1) is 21.5. The summed E-state index contributed by atoms with van der Waals surface area (Å²) in [5.41, 5.74) is 2.42. The SMILES string of the molecule is COc1cccc(NC(=O)CSc2ccccc2C(=O)NCCc2ccccc2)c1. The maximum atomic E-state index is 12.6. The molecule has 0 radical (unpaired) electrons. The monoisotopic (exact) mass is 420 g/mol. The lowest BCUT2D eigenvalue weighted by Crippen LogP contribution is -2.26. The van der Waals surface area contributed by atoms with E-state index in [1.54, 1.807) is 25.3 Å². The second-order valence-corrected chi connectivity index (χ2v) is 7.57. The number of hydrogen-bond donors (Lipinski definition) is 2. The first-order valence-electron chi connectivity index (χ1n) is 9.63. The lowest BCUT2D eigenvalue weighted by molar-refractivity contribution is -0.113. The zero-order valence-electron chi connectivity index (χ0n) is 16.8. The third-order valence-electron chi connectivity index (χ3n) is 4.39. The Kier molecular flexibility index (Phi) is 7.92. The fourth-order valence-electron chi connectivity index (χ4n) is 2.88. The highest BCUT2D eigenvalue weighted by Gasteiger charge is 2.13. The third kappa shape index (κ3) is 6.39. The van der Waals surface area contributed by atoms with Gasteiger partial charge in [-0.2, -0.15) is 0 Å². The summed E-state index contributed by atoms with van der Waals surface area (Å²) in [5, 5.41) is 5.81. The molecule has 3 rings (SSSR count). The van der Waals surface area contributed by atoms with E-state index in [0.717, 1.165) is 11.3 Å². The van der Waals surface area contributed by atoms with Gasteiger partial charge in [-0.3, -0.25) is 9.59 Å². The summed E-state index contributed by atoms with van der Waals surface area (Å²) in [6.07, 6.45) is 0.769. The molecule has 154 valence electrons. The van der Waals surface area contributed by atoms with E-state index in [-0.39, 0.29) is 17.6 Å². The van der Waals surface area contributed by atoms with Crippen molar-refractivity contribution < 1.29 is 14.3 Å². The van der Waals surface area contributed by atoms with E-state index in [2.05, 4.69) is 10.6 Å². The van der Waals surface area contributed by atoms with Crippen LogP contribution < -0.4 is 15.4 Å². The van der Waals surface area contributed by atoms with Crippen molar-refractivity contribution in [2.24, 2.45) is 0 Å². The number of methoxy groups -OCH3 is 1. The van der Waals surface area contributed by atoms with Gasteiger partial charge in [0.1, 0.15) is 5.75 Å². The molecule has 0 aliphatic heterocycles. The van der Waals surface area contributed by atoms with Crippen LogP contribution in [0.4, 0.5) is 5.69 Å². The van der Waals surface area contributed by atoms with E-state index < -0.39 is 0 Å². The highest BCUT2D eigenvalue weighted by molar-refractivity contribution is 8.00. The van der Waals surface area contributed by atoms with E-state index in [9.17, 15) is 9.59 Å². The molecule has 0 aliphatic rings. The minimum atomic E-state index is -0.146. The molecule has 5 nitrogen and oxygen atoms in total. The van der Waals surface area contributed by atoms with Crippen LogP contribution >= 0.6 is 11.8 Å². The molecule has 3 aromatic carbocycles. The normalized spacial score (nSPS) is 10.3. The van der Waals surface area contributed by atoms with Crippen LogP contribution in [-0.4, -0.2) is 31.2 Å². The van der Waals surface area contributed by atoms with Crippen molar-refractivity contribution in [1.82, 2.24) is 5.32 Å². The predicted octanol–water partition coefficient (Wildman–Crippen LogP) is 4.40. The molecule has 0 fully saturated rings. The summed E-state index contributed by atoms with van der Waals surface area (Å²) in [4.78, 5) is 25.7. The zero-order chi connectivity index (χ0) is 21.2. The van der Waals surface area contributed by atoms with Gasteiger partial charge in [0.25, 0.3) is 5.91 Å². The molecule has 0 saturated heterocycles. The van der Waals surface area contributed by atoms with E-state index in [4.69, 9.17) is 4.74 Å². The predicted molar refractivity (Wildman–Crippen MR) is 121 cm³/mol. The molecule has 3 aromatic rings. The second-order valence-electron chi connectivity index (χ2n) is 6.56. The van der Waals surface area contributed by atoms with E-state index >= 15 is 0 Å². The quantitative estimate of drug-likeness (QED) is 0.504. The van der Waals surface area contributed by atoms with Gasteiger partial charge < -0.3 is 15.4 Å². The smallest absolute Gasteiger partial charge is 0.252 e. The third-order valence-corrected chi connectivity index (χ3v) is 5.46. The summed E-state index contributed by atoms with van der Waals surface area (Å²) in [6.45, 7) is 0.554. The highest BCUT2D eigenvalue weighted by Crippen LogP contribution is 2.23. The first-order chi connectivity index (χ1) is 14.7. The van der Waals surface area contributed by atoms with Crippen LogP contribution in [0, 0.1) is 0 Å². The average molecular weight is 421 g/mol. The lowest BCUT2D eigenvalue weighted by atomic mass is 10.1. The minimum absolute atomic E-state index is 0.137. The summed E-state index contributed by atoms with van der Waals surface area (Å²) < 4.78 is 5.17. The van der Waals surface area contributed by atoms with Gasteiger partial charge in [0.15, 0.2) is 0 Å². The Balaban J connectivity index is 1.53. The topological polar surface area (TPSA) is 67.4 Å². The number of carbonyl (C=O) groups is 2. The molecular formula is C24H24N2O3S. The van der Waals surface area contributed by atoms with Gasteiger partial charge in [0, 0.05) is 23.2 Å². The van der Waals surface area contributed by atoms with Crippen molar-refractivity contribution >= 4 is 29.3 Å². The Bertz CT molecular complexity index is 993. The highest BCUT2D eigenvalue weighted by atomic mass is 32.2. The van der Waals surface area contributed by atoms with E-state index in [1.165, 1.54) is 17.3 Å². The number of anilines is 1. The number of nitrogens with one attached hydrogen (secondary N) is 2. The molecule has 30 heavy (non-hydrogen) atoms. The number of carbonyl (C=O) groups excluding carboxylic acids is 2. The van der Waals surface area contributed by atoms with Gasteiger partial charge in [0.2, 0.25) is 5.91 Å². The molecule has 0 spiro atoms. The van der Waals surface area contributed by atoms with Crippen molar-refractivity contribution in [1.29, 1.82) is 0 Å². The molecule has 2 N–H and O–H groups in total. The Morgan fingerprint density at radius 1 is 0.933 bits per heavy atom. The van der Waals surface area contributed by atoms with Crippen LogP contribution in [0.3, 0.4) is 0 Å². The Labute approximate surface area is 180 Å².